The summed E-state index contributed by atoms with van der Waals surface area (Å²) in [4.78, 5) is 27.8. The highest BCUT2D eigenvalue weighted by molar-refractivity contribution is 6.22. The van der Waals surface area contributed by atoms with Gasteiger partial charge < -0.3 is 4.74 Å². The summed E-state index contributed by atoms with van der Waals surface area (Å²) in [6, 6.07) is 13.3. The summed E-state index contributed by atoms with van der Waals surface area (Å²) in [7, 11) is 0. The SMILES string of the molecule is Cc1cccc(Oc2ccc(N3C(=O)[C@@H]4[C@H]5C=C[C@@H]([C@@H]6C[C@@H]56)[C@@H]4C3=O)cc2)c1C. The number of ether oxygens (including phenoxy) is 1. The van der Waals surface area contributed by atoms with Crippen molar-refractivity contribution in [2.24, 2.45) is 35.5 Å². The molecule has 1 heterocycles. The lowest BCUT2D eigenvalue weighted by Gasteiger charge is -2.37. The fraction of sp³-hybridized carbons (Fsp3) is 0.360. The van der Waals surface area contributed by atoms with Gasteiger partial charge in [0.15, 0.2) is 0 Å². The minimum atomic E-state index is -0.160. The summed E-state index contributed by atoms with van der Waals surface area (Å²) in [6.07, 6.45) is 5.59. The van der Waals surface area contributed by atoms with E-state index < -0.39 is 0 Å². The zero-order valence-corrected chi connectivity index (χ0v) is 16.5. The predicted octanol–water partition coefficient (Wildman–Crippen LogP) is 4.65. The van der Waals surface area contributed by atoms with E-state index >= 15 is 0 Å². The molecular weight excluding hydrogens is 362 g/mol. The molecule has 6 atom stereocenters. The molecule has 3 fully saturated rings. The smallest absolute Gasteiger partial charge is 0.238 e. The van der Waals surface area contributed by atoms with E-state index in [-0.39, 0.29) is 35.5 Å². The molecule has 2 amide bonds. The van der Waals surface area contributed by atoms with Crippen molar-refractivity contribution in [1.82, 2.24) is 0 Å². The van der Waals surface area contributed by atoms with Crippen molar-refractivity contribution in [3.8, 4) is 11.5 Å². The lowest BCUT2D eigenvalue weighted by Crippen LogP contribution is -2.40. The van der Waals surface area contributed by atoms with Gasteiger partial charge in [-0.2, -0.15) is 0 Å². The Balaban J connectivity index is 1.27. The van der Waals surface area contributed by atoms with Crippen LogP contribution in [0.1, 0.15) is 17.5 Å². The number of allylic oxidation sites excluding steroid dienone is 2. The Morgan fingerprint density at radius 1 is 0.862 bits per heavy atom. The van der Waals surface area contributed by atoms with E-state index in [4.69, 9.17) is 4.74 Å². The molecule has 4 nitrogen and oxygen atoms in total. The molecule has 146 valence electrons. The van der Waals surface area contributed by atoms with Gasteiger partial charge >= 0.3 is 0 Å². The van der Waals surface area contributed by atoms with Crippen LogP contribution in [-0.2, 0) is 9.59 Å². The summed E-state index contributed by atoms with van der Waals surface area (Å²) < 4.78 is 6.02. The van der Waals surface area contributed by atoms with Crippen LogP contribution in [0.15, 0.2) is 54.6 Å². The van der Waals surface area contributed by atoms with Crippen molar-refractivity contribution in [2.45, 2.75) is 20.3 Å². The number of carbonyl (C=O) groups is 2. The van der Waals surface area contributed by atoms with Crippen molar-refractivity contribution < 1.29 is 14.3 Å². The second-order valence-electron chi connectivity index (χ2n) is 8.96. The number of carbonyl (C=O) groups excluding carboxylic acids is 2. The van der Waals surface area contributed by atoms with Crippen LogP contribution >= 0.6 is 0 Å². The number of nitrogens with zero attached hydrogens (tertiary/aromatic N) is 1. The fourth-order valence-electron chi connectivity index (χ4n) is 5.84. The second kappa shape index (κ2) is 5.82. The molecule has 1 saturated heterocycles. The first-order valence-corrected chi connectivity index (χ1v) is 10.4. The first-order valence-electron chi connectivity index (χ1n) is 10.4. The summed E-state index contributed by atoms with van der Waals surface area (Å²) in [5.74, 6) is 2.90. The molecule has 0 spiro atoms. The molecule has 2 aromatic carbocycles. The van der Waals surface area contributed by atoms with E-state index in [0.717, 1.165) is 11.3 Å². The normalized spacial score (nSPS) is 33.7. The summed E-state index contributed by atoms with van der Waals surface area (Å²) in [6.45, 7) is 4.09. The van der Waals surface area contributed by atoms with Gasteiger partial charge in [-0.1, -0.05) is 24.3 Å². The number of hydrogen-bond donors (Lipinski definition) is 0. The van der Waals surface area contributed by atoms with Gasteiger partial charge in [-0.25, -0.2) is 0 Å². The van der Waals surface area contributed by atoms with Crippen LogP contribution in [-0.4, -0.2) is 11.8 Å². The van der Waals surface area contributed by atoms with E-state index in [9.17, 15) is 9.59 Å². The zero-order valence-electron chi connectivity index (χ0n) is 16.5. The van der Waals surface area contributed by atoms with Gasteiger partial charge in [-0.05, 0) is 85.4 Å². The third-order valence-electron chi connectivity index (χ3n) is 7.54. The van der Waals surface area contributed by atoms with Gasteiger partial charge in [0, 0.05) is 0 Å². The number of aryl methyl sites for hydroxylation is 1. The lowest BCUT2D eigenvalue weighted by atomic mass is 9.63. The Kier molecular flexibility index (Phi) is 3.41. The summed E-state index contributed by atoms with van der Waals surface area (Å²) in [5.41, 5.74) is 2.93. The average molecular weight is 385 g/mol. The van der Waals surface area contributed by atoms with Gasteiger partial charge in [-0.3, -0.25) is 14.5 Å². The molecule has 2 aromatic rings. The number of anilines is 1. The maximum atomic E-state index is 13.2. The molecular formula is C25H23NO3. The Labute approximate surface area is 170 Å². The molecule has 7 rings (SSSR count). The molecule has 0 aromatic heterocycles. The number of hydrogen-bond acceptors (Lipinski definition) is 3. The van der Waals surface area contributed by atoms with E-state index in [2.05, 4.69) is 25.1 Å². The molecule has 5 aliphatic rings. The van der Waals surface area contributed by atoms with Crippen molar-refractivity contribution in [3.63, 3.8) is 0 Å². The minimum absolute atomic E-state index is 0.0205. The average Bonchev–Trinajstić information content (AvgIpc) is 3.50. The van der Waals surface area contributed by atoms with Gasteiger partial charge in [0.05, 0.1) is 17.5 Å². The van der Waals surface area contributed by atoms with Gasteiger partial charge in [0.1, 0.15) is 11.5 Å². The number of imide groups is 1. The van der Waals surface area contributed by atoms with Crippen LogP contribution in [0.25, 0.3) is 0 Å². The highest BCUT2D eigenvalue weighted by Gasteiger charge is 2.67. The van der Waals surface area contributed by atoms with Crippen LogP contribution in [0.4, 0.5) is 5.69 Å². The van der Waals surface area contributed by atoms with E-state index in [1.165, 1.54) is 16.9 Å². The third-order valence-corrected chi connectivity index (χ3v) is 7.54. The molecule has 1 aliphatic heterocycles. The van der Waals surface area contributed by atoms with Crippen LogP contribution < -0.4 is 9.64 Å². The van der Waals surface area contributed by atoms with Crippen molar-refractivity contribution in [3.05, 3.63) is 65.7 Å². The first-order chi connectivity index (χ1) is 14.0. The molecule has 0 unspecified atom stereocenters. The Bertz CT molecular complexity index is 1030. The summed E-state index contributed by atoms with van der Waals surface area (Å²) in [5, 5.41) is 0. The van der Waals surface area contributed by atoms with Crippen molar-refractivity contribution >= 4 is 17.5 Å². The molecule has 0 N–H and O–H groups in total. The minimum Gasteiger partial charge on any atom is -0.457 e. The maximum absolute atomic E-state index is 13.2. The maximum Gasteiger partial charge on any atom is 0.238 e. The topological polar surface area (TPSA) is 46.6 Å². The zero-order chi connectivity index (χ0) is 19.9. The second-order valence-corrected chi connectivity index (χ2v) is 8.96. The molecule has 29 heavy (non-hydrogen) atoms. The fourth-order valence-corrected chi connectivity index (χ4v) is 5.84. The molecule has 2 saturated carbocycles. The summed E-state index contributed by atoms with van der Waals surface area (Å²) >= 11 is 0. The highest BCUT2D eigenvalue weighted by atomic mass is 16.5. The largest absolute Gasteiger partial charge is 0.457 e. The van der Waals surface area contributed by atoms with Crippen LogP contribution in [0.3, 0.4) is 0 Å². The third kappa shape index (κ3) is 2.32. The molecule has 0 radical (unpaired) electrons. The van der Waals surface area contributed by atoms with Gasteiger partial charge in [0.2, 0.25) is 11.8 Å². The Morgan fingerprint density at radius 3 is 2.10 bits per heavy atom. The predicted molar refractivity (Wildman–Crippen MR) is 110 cm³/mol. The Hall–Kier alpha value is -2.88. The highest BCUT2D eigenvalue weighted by Crippen LogP contribution is 2.65. The van der Waals surface area contributed by atoms with Gasteiger partial charge in [-0.15, -0.1) is 0 Å². The lowest BCUT2D eigenvalue weighted by molar-refractivity contribution is -0.124. The monoisotopic (exact) mass is 385 g/mol. The van der Waals surface area contributed by atoms with Crippen LogP contribution in [0.5, 0.6) is 11.5 Å². The number of benzene rings is 2. The van der Waals surface area contributed by atoms with E-state index in [0.29, 0.717) is 23.3 Å². The van der Waals surface area contributed by atoms with E-state index in [1.807, 2.05) is 43.3 Å². The van der Waals surface area contributed by atoms with Crippen LogP contribution in [0.2, 0.25) is 0 Å². The molecule has 4 aliphatic carbocycles. The van der Waals surface area contributed by atoms with Crippen LogP contribution in [0, 0.1) is 49.4 Å². The van der Waals surface area contributed by atoms with E-state index in [1.54, 1.807) is 0 Å². The number of amides is 2. The first kappa shape index (κ1) is 17.0. The number of rotatable bonds is 3. The standard InChI is InChI=1S/C25H23NO3/c1-13-4-3-5-21(14(13)2)29-16-8-6-15(7-9-16)26-24(27)22-17-10-11-18(20-12-19(17)20)23(22)25(26)28/h3-11,17-20,22-23H,12H2,1-2H3/t17-,18-,19-,20-,22-,23+/m0/s1. The quantitative estimate of drug-likeness (QED) is 0.571. The van der Waals surface area contributed by atoms with Gasteiger partial charge in [0.25, 0.3) is 0 Å². The van der Waals surface area contributed by atoms with Crippen molar-refractivity contribution in [1.29, 1.82) is 0 Å². The molecule has 4 heteroatoms. The van der Waals surface area contributed by atoms with Crippen molar-refractivity contribution in [2.75, 3.05) is 4.90 Å². The Morgan fingerprint density at radius 2 is 1.48 bits per heavy atom. The molecule has 2 bridgehead atoms.